The fraction of sp³-hybridized carbons (Fsp3) is 0.524. The molecule has 1 aromatic carbocycles. The number of aliphatic hydroxyl groups is 1. The van der Waals surface area contributed by atoms with Crippen LogP contribution < -0.4 is 0 Å². The van der Waals surface area contributed by atoms with Gasteiger partial charge in [0.15, 0.2) is 0 Å². The molecule has 2 fully saturated rings. The van der Waals surface area contributed by atoms with E-state index in [0.717, 1.165) is 50.9 Å². The van der Waals surface area contributed by atoms with Gasteiger partial charge in [0.25, 0.3) is 0 Å². The minimum atomic E-state index is -0.816. The lowest BCUT2D eigenvalue weighted by molar-refractivity contribution is -0.137. The summed E-state index contributed by atoms with van der Waals surface area (Å²) in [7, 11) is 2.00. The maximum absolute atomic E-state index is 14.8. The molecule has 1 aromatic rings. The molecule has 0 bridgehead atoms. The molecule has 0 atom stereocenters. The second kappa shape index (κ2) is 8.82. The lowest BCUT2D eigenvalue weighted by atomic mass is 9.88. The van der Waals surface area contributed by atoms with Crippen LogP contribution in [-0.2, 0) is 9.53 Å². The van der Waals surface area contributed by atoms with Crippen molar-refractivity contribution in [1.82, 2.24) is 4.90 Å². The molecule has 28 heavy (non-hydrogen) atoms. The largest absolute Gasteiger partial charge is 0.506 e. The van der Waals surface area contributed by atoms with Gasteiger partial charge in [-0.3, -0.25) is 4.99 Å². The van der Waals surface area contributed by atoms with Gasteiger partial charge in [0.05, 0.1) is 18.2 Å². The molecule has 152 valence electrons. The van der Waals surface area contributed by atoms with Crippen LogP contribution in [0.5, 0.6) is 0 Å². The van der Waals surface area contributed by atoms with Crippen molar-refractivity contribution >= 4 is 17.9 Å². The molecule has 7 heteroatoms. The zero-order valence-electron chi connectivity index (χ0n) is 16.3. The Morgan fingerprint density at radius 2 is 1.93 bits per heavy atom. The van der Waals surface area contributed by atoms with Gasteiger partial charge in [-0.15, -0.1) is 0 Å². The number of nitrogens with zero attached hydrogens (tertiary/aromatic N) is 2. The van der Waals surface area contributed by atoms with E-state index in [9.17, 15) is 18.7 Å². The third-order valence-electron chi connectivity index (χ3n) is 5.21. The molecule has 0 unspecified atom stereocenters. The fourth-order valence-electron chi connectivity index (χ4n) is 3.34. The van der Waals surface area contributed by atoms with Crippen molar-refractivity contribution in [1.29, 1.82) is 0 Å². The summed E-state index contributed by atoms with van der Waals surface area (Å²) in [5, 5.41) is 10.5. The Hall–Kier alpha value is -2.28. The Balaban J connectivity index is 1.94. The van der Waals surface area contributed by atoms with Crippen molar-refractivity contribution in [2.75, 3.05) is 26.7 Å². The van der Waals surface area contributed by atoms with E-state index in [-0.39, 0.29) is 29.7 Å². The fourth-order valence-corrected chi connectivity index (χ4v) is 3.34. The van der Waals surface area contributed by atoms with Gasteiger partial charge in [0.1, 0.15) is 23.0 Å². The van der Waals surface area contributed by atoms with Crippen molar-refractivity contribution in [2.45, 2.75) is 44.6 Å². The van der Waals surface area contributed by atoms with Crippen molar-refractivity contribution in [2.24, 2.45) is 4.99 Å². The Bertz CT molecular complexity index is 795. The van der Waals surface area contributed by atoms with Crippen LogP contribution in [0.15, 0.2) is 22.7 Å². The van der Waals surface area contributed by atoms with Crippen molar-refractivity contribution < 1.29 is 23.4 Å². The monoisotopic (exact) mass is 392 g/mol. The zero-order valence-corrected chi connectivity index (χ0v) is 16.3. The third-order valence-corrected chi connectivity index (χ3v) is 5.21. The van der Waals surface area contributed by atoms with Crippen LogP contribution >= 0.6 is 0 Å². The lowest BCUT2D eigenvalue weighted by Crippen LogP contribution is -2.29. The first-order chi connectivity index (χ1) is 13.4. The van der Waals surface area contributed by atoms with Crippen LogP contribution in [-0.4, -0.2) is 55.0 Å². The molecule has 0 spiro atoms. The van der Waals surface area contributed by atoms with Gasteiger partial charge in [-0.05, 0) is 76.4 Å². The van der Waals surface area contributed by atoms with Crippen LogP contribution in [0, 0.1) is 11.6 Å². The number of esters is 1. The predicted octanol–water partition coefficient (Wildman–Crippen LogP) is 3.84. The number of aliphatic imine (C=N–C) groups is 1. The molecule has 0 aromatic heterocycles. The topological polar surface area (TPSA) is 62.1 Å². The average molecular weight is 392 g/mol. The SMILES string of the molecule is CCOC(=O)/C(C=NC1CC1)=C(\O)c1cc(F)c(C2CCN(C)CC2)cc1F. The molecule has 1 aliphatic carbocycles. The van der Waals surface area contributed by atoms with Gasteiger partial charge in [0, 0.05) is 6.21 Å². The highest BCUT2D eigenvalue weighted by Crippen LogP contribution is 2.32. The smallest absolute Gasteiger partial charge is 0.343 e. The van der Waals surface area contributed by atoms with E-state index in [1.807, 2.05) is 7.05 Å². The lowest BCUT2D eigenvalue weighted by Gasteiger charge is -2.29. The maximum atomic E-state index is 14.8. The molecule has 0 radical (unpaired) electrons. The predicted molar refractivity (Wildman–Crippen MR) is 104 cm³/mol. The Morgan fingerprint density at radius 1 is 1.25 bits per heavy atom. The zero-order chi connectivity index (χ0) is 20.3. The summed E-state index contributed by atoms with van der Waals surface area (Å²) in [5.74, 6) is -2.89. The molecular weight excluding hydrogens is 366 g/mol. The van der Waals surface area contributed by atoms with Gasteiger partial charge >= 0.3 is 5.97 Å². The van der Waals surface area contributed by atoms with Crippen LogP contribution in [0.4, 0.5) is 8.78 Å². The van der Waals surface area contributed by atoms with Crippen LogP contribution in [0.2, 0.25) is 0 Å². The molecule has 1 saturated heterocycles. The van der Waals surface area contributed by atoms with E-state index in [4.69, 9.17) is 4.74 Å². The number of carbonyl (C=O) groups is 1. The second-order valence-corrected chi connectivity index (χ2v) is 7.42. The number of aliphatic hydroxyl groups excluding tert-OH is 1. The molecular formula is C21H26F2N2O3. The number of halogens is 2. The Kier molecular flexibility index (Phi) is 6.44. The standard InChI is InChI=1S/C21H26F2N2O3/c1-3-28-21(27)17(12-24-14-4-5-14)20(26)16-11-18(22)15(10-19(16)23)13-6-8-25(2)9-7-13/h10-14,26H,3-9H2,1-2H3/b20-17-,24-12?. The number of hydrogen-bond acceptors (Lipinski definition) is 5. The number of hydrogen-bond donors (Lipinski definition) is 1. The van der Waals surface area contributed by atoms with Crippen molar-refractivity contribution in [3.05, 3.63) is 40.5 Å². The summed E-state index contributed by atoms with van der Waals surface area (Å²) in [6, 6.07) is 2.20. The Morgan fingerprint density at radius 3 is 2.54 bits per heavy atom. The van der Waals surface area contributed by atoms with E-state index >= 15 is 0 Å². The summed E-state index contributed by atoms with van der Waals surface area (Å²) < 4.78 is 34.4. The normalized spacial score (nSPS) is 19.7. The molecule has 3 rings (SSSR count). The maximum Gasteiger partial charge on any atom is 0.343 e. The minimum absolute atomic E-state index is 0.0631. The molecule has 1 N–H and O–H groups in total. The number of likely N-dealkylation sites (tertiary alicyclic amines) is 1. The van der Waals surface area contributed by atoms with Gasteiger partial charge in [-0.2, -0.15) is 0 Å². The first kappa shape index (κ1) is 20.5. The highest BCUT2D eigenvalue weighted by atomic mass is 19.1. The molecule has 5 nitrogen and oxygen atoms in total. The summed E-state index contributed by atoms with van der Waals surface area (Å²) in [6.07, 6.45) is 4.50. The third kappa shape index (κ3) is 4.76. The van der Waals surface area contributed by atoms with E-state index in [0.29, 0.717) is 5.56 Å². The number of carbonyl (C=O) groups excluding carboxylic acids is 1. The highest BCUT2D eigenvalue weighted by Gasteiger charge is 2.26. The summed E-state index contributed by atoms with van der Waals surface area (Å²) >= 11 is 0. The second-order valence-electron chi connectivity index (χ2n) is 7.42. The van der Waals surface area contributed by atoms with Gasteiger partial charge in [-0.25, -0.2) is 13.6 Å². The molecule has 0 amide bonds. The van der Waals surface area contributed by atoms with E-state index in [1.54, 1.807) is 6.92 Å². The number of rotatable bonds is 6. The summed E-state index contributed by atoms with van der Waals surface area (Å²) in [6.45, 7) is 3.37. The van der Waals surface area contributed by atoms with Gasteiger partial charge < -0.3 is 14.7 Å². The molecule has 2 aliphatic rings. The first-order valence-corrected chi connectivity index (χ1v) is 9.72. The molecule has 1 aliphatic heterocycles. The van der Waals surface area contributed by atoms with E-state index in [2.05, 4.69) is 9.89 Å². The summed E-state index contributed by atoms with van der Waals surface area (Å²) in [4.78, 5) is 18.5. The van der Waals surface area contributed by atoms with E-state index in [1.165, 1.54) is 6.21 Å². The number of ether oxygens (including phenoxy) is 1. The first-order valence-electron chi connectivity index (χ1n) is 9.72. The number of benzene rings is 1. The van der Waals surface area contributed by atoms with Crippen LogP contribution in [0.3, 0.4) is 0 Å². The van der Waals surface area contributed by atoms with Gasteiger partial charge in [0.2, 0.25) is 0 Å². The molecule has 1 saturated carbocycles. The van der Waals surface area contributed by atoms with E-state index < -0.39 is 23.4 Å². The van der Waals surface area contributed by atoms with Crippen LogP contribution in [0.1, 0.15) is 49.7 Å². The van der Waals surface area contributed by atoms with Crippen LogP contribution in [0.25, 0.3) is 5.76 Å². The van der Waals surface area contributed by atoms with Crippen molar-refractivity contribution in [3.63, 3.8) is 0 Å². The molecule has 1 heterocycles. The average Bonchev–Trinajstić information content (AvgIpc) is 3.49. The van der Waals surface area contributed by atoms with Gasteiger partial charge in [-0.1, -0.05) is 0 Å². The highest BCUT2D eigenvalue weighted by molar-refractivity contribution is 6.15. The number of piperidine rings is 1. The quantitative estimate of drug-likeness (QED) is 0.346. The Labute approximate surface area is 163 Å². The minimum Gasteiger partial charge on any atom is -0.506 e. The summed E-state index contributed by atoms with van der Waals surface area (Å²) in [5.41, 5.74) is -0.315. The van der Waals surface area contributed by atoms with Crippen molar-refractivity contribution in [3.8, 4) is 0 Å².